The molecule has 2 fully saturated rings. The second-order valence-electron chi connectivity index (χ2n) is 7.04. The van der Waals surface area contributed by atoms with Gasteiger partial charge in [0.1, 0.15) is 11.7 Å². The van der Waals surface area contributed by atoms with Gasteiger partial charge < -0.3 is 19.3 Å². The SMILES string of the molecule is CCOC(=O)C1CCCCN1c1cc(N2CCOCC2)c([N+](=O)[O-])c2nonc12. The predicted octanol–water partition coefficient (Wildman–Crippen LogP) is 1.89. The number of piperidine rings is 1. The molecule has 0 saturated carbocycles. The van der Waals surface area contributed by atoms with Crippen LogP contribution in [0.25, 0.3) is 11.0 Å². The molecule has 1 aromatic carbocycles. The van der Waals surface area contributed by atoms with Crippen LogP contribution >= 0.6 is 0 Å². The first-order valence-electron chi connectivity index (χ1n) is 9.81. The number of nitro groups is 1. The molecule has 4 rings (SSSR count). The summed E-state index contributed by atoms with van der Waals surface area (Å²) in [5, 5.41) is 19.6. The van der Waals surface area contributed by atoms with E-state index in [9.17, 15) is 14.9 Å². The quantitative estimate of drug-likeness (QED) is 0.414. The van der Waals surface area contributed by atoms with Crippen molar-refractivity contribution in [3.8, 4) is 0 Å². The number of fused-ring (bicyclic) bond motifs is 1. The first-order chi connectivity index (χ1) is 14.1. The van der Waals surface area contributed by atoms with Crippen molar-refractivity contribution in [2.24, 2.45) is 0 Å². The Morgan fingerprint density at radius 3 is 2.72 bits per heavy atom. The van der Waals surface area contributed by atoms with E-state index < -0.39 is 11.0 Å². The number of rotatable bonds is 5. The number of hydrogen-bond acceptors (Lipinski definition) is 10. The van der Waals surface area contributed by atoms with Crippen LogP contribution in [0.1, 0.15) is 26.2 Å². The molecule has 2 aliphatic rings. The zero-order valence-corrected chi connectivity index (χ0v) is 16.2. The standard InChI is InChI=1S/C18H23N5O6/c1-2-28-18(24)12-5-3-4-6-22(12)13-11-14(21-7-9-27-10-8-21)17(23(25)26)16-15(13)19-29-20-16/h11-12H,2-10H2,1H3. The molecular formula is C18H23N5O6. The molecule has 2 saturated heterocycles. The second kappa shape index (κ2) is 8.19. The summed E-state index contributed by atoms with van der Waals surface area (Å²) < 4.78 is 15.5. The van der Waals surface area contributed by atoms with Crippen molar-refractivity contribution >= 4 is 34.1 Å². The molecule has 29 heavy (non-hydrogen) atoms. The van der Waals surface area contributed by atoms with E-state index >= 15 is 0 Å². The van der Waals surface area contributed by atoms with Crippen molar-refractivity contribution in [2.75, 3.05) is 49.3 Å². The third-order valence-electron chi connectivity index (χ3n) is 5.38. The minimum atomic E-state index is -0.470. The predicted molar refractivity (Wildman–Crippen MR) is 103 cm³/mol. The van der Waals surface area contributed by atoms with E-state index in [1.807, 2.05) is 9.80 Å². The molecule has 2 aromatic rings. The lowest BCUT2D eigenvalue weighted by Gasteiger charge is -2.36. The fourth-order valence-electron chi connectivity index (χ4n) is 4.05. The molecule has 3 heterocycles. The highest BCUT2D eigenvalue weighted by molar-refractivity contribution is 6.01. The van der Waals surface area contributed by atoms with E-state index in [4.69, 9.17) is 14.1 Å². The van der Waals surface area contributed by atoms with Crippen LogP contribution in [0.5, 0.6) is 0 Å². The molecular weight excluding hydrogens is 382 g/mol. The summed E-state index contributed by atoms with van der Waals surface area (Å²) in [7, 11) is 0. The molecule has 0 radical (unpaired) electrons. The van der Waals surface area contributed by atoms with Gasteiger partial charge in [-0.3, -0.25) is 10.1 Å². The minimum Gasteiger partial charge on any atom is -0.464 e. The Morgan fingerprint density at radius 2 is 2.00 bits per heavy atom. The largest absolute Gasteiger partial charge is 0.464 e. The third kappa shape index (κ3) is 3.57. The molecule has 0 amide bonds. The van der Waals surface area contributed by atoms with Gasteiger partial charge in [0.2, 0.25) is 5.52 Å². The lowest BCUT2D eigenvalue weighted by molar-refractivity contribution is -0.382. The van der Waals surface area contributed by atoms with Crippen molar-refractivity contribution in [3.63, 3.8) is 0 Å². The van der Waals surface area contributed by atoms with Gasteiger partial charge in [0.15, 0.2) is 5.52 Å². The Bertz CT molecular complexity index is 910. The third-order valence-corrected chi connectivity index (χ3v) is 5.38. The van der Waals surface area contributed by atoms with Crippen LogP contribution in [0.3, 0.4) is 0 Å². The van der Waals surface area contributed by atoms with Crippen LogP contribution in [0.4, 0.5) is 17.1 Å². The smallest absolute Gasteiger partial charge is 0.328 e. The summed E-state index contributed by atoms with van der Waals surface area (Å²) in [6.45, 7) is 4.70. The summed E-state index contributed by atoms with van der Waals surface area (Å²) >= 11 is 0. The number of carbonyl (C=O) groups excluding carboxylic acids is 1. The van der Waals surface area contributed by atoms with Gasteiger partial charge in [0, 0.05) is 19.6 Å². The van der Waals surface area contributed by atoms with Crippen molar-refractivity contribution < 1.29 is 23.8 Å². The number of nitro benzene ring substituents is 1. The summed E-state index contributed by atoms with van der Waals surface area (Å²) in [6, 6.07) is 1.26. The summed E-state index contributed by atoms with van der Waals surface area (Å²) in [5.41, 5.74) is 1.26. The van der Waals surface area contributed by atoms with Crippen LogP contribution < -0.4 is 9.80 Å². The molecule has 0 aliphatic carbocycles. The Hall–Kier alpha value is -2.95. The topological polar surface area (TPSA) is 124 Å². The van der Waals surface area contributed by atoms with Gasteiger partial charge >= 0.3 is 11.7 Å². The average Bonchev–Trinajstić information content (AvgIpc) is 3.23. The van der Waals surface area contributed by atoms with Gasteiger partial charge in [-0.15, -0.1) is 0 Å². The number of esters is 1. The maximum atomic E-state index is 12.6. The molecule has 11 heteroatoms. The fraction of sp³-hybridized carbons (Fsp3) is 0.611. The molecule has 1 atom stereocenters. The van der Waals surface area contributed by atoms with Crippen LogP contribution in [-0.2, 0) is 14.3 Å². The number of anilines is 2. The molecule has 2 aliphatic heterocycles. The number of ether oxygens (including phenoxy) is 2. The Morgan fingerprint density at radius 1 is 1.24 bits per heavy atom. The minimum absolute atomic E-state index is 0.0853. The van der Waals surface area contributed by atoms with Gasteiger partial charge in [-0.05, 0) is 42.6 Å². The summed E-state index contributed by atoms with van der Waals surface area (Å²) in [6.07, 6.45) is 2.45. The number of carbonyl (C=O) groups is 1. The Labute approximate surface area is 166 Å². The zero-order valence-electron chi connectivity index (χ0n) is 16.2. The van der Waals surface area contributed by atoms with Gasteiger partial charge in [-0.1, -0.05) is 0 Å². The number of hydrogen-bond donors (Lipinski definition) is 0. The molecule has 11 nitrogen and oxygen atoms in total. The number of benzene rings is 1. The van der Waals surface area contributed by atoms with Crippen LogP contribution in [0.2, 0.25) is 0 Å². The number of aromatic nitrogens is 2. The zero-order chi connectivity index (χ0) is 20.4. The number of morpholine rings is 1. The Balaban J connectivity index is 1.85. The fourth-order valence-corrected chi connectivity index (χ4v) is 4.05. The first kappa shape index (κ1) is 19.4. The molecule has 1 aromatic heterocycles. The first-order valence-corrected chi connectivity index (χ1v) is 9.81. The van der Waals surface area contributed by atoms with Crippen LogP contribution in [0, 0.1) is 10.1 Å². The van der Waals surface area contributed by atoms with Gasteiger partial charge in [0.25, 0.3) is 0 Å². The van der Waals surface area contributed by atoms with E-state index in [-0.39, 0.29) is 22.7 Å². The van der Waals surface area contributed by atoms with Crippen molar-refractivity contribution in [1.29, 1.82) is 0 Å². The monoisotopic (exact) mass is 405 g/mol. The van der Waals surface area contributed by atoms with Gasteiger partial charge in [0.05, 0.1) is 30.4 Å². The Kier molecular flexibility index (Phi) is 5.47. The van der Waals surface area contributed by atoms with Crippen LogP contribution in [-0.4, -0.2) is 66.7 Å². The van der Waals surface area contributed by atoms with Crippen molar-refractivity contribution in [2.45, 2.75) is 32.2 Å². The normalized spacial score (nSPS) is 20.1. The highest BCUT2D eigenvalue weighted by atomic mass is 16.6. The number of nitrogens with zero attached hydrogens (tertiary/aromatic N) is 5. The average molecular weight is 405 g/mol. The van der Waals surface area contributed by atoms with E-state index in [2.05, 4.69) is 10.3 Å². The maximum Gasteiger partial charge on any atom is 0.328 e. The molecule has 0 bridgehead atoms. The lowest BCUT2D eigenvalue weighted by Crippen LogP contribution is -2.46. The van der Waals surface area contributed by atoms with Crippen molar-refractivity contribution in [1.82, 2.24) is 10.3 Å². The highest BCUT2D eigenvalue weighted by Crippen LogP contribution is 2.42. The van der Waals surface area contributed by atoms with E-state index in [1.165, 1.54) is 0 Å². The highest BCUT2D eigenvalue weighted by Gasteiger charge is 2.36. The molecule has 0 spiro atoms. The van der Waals surface area contributed by atoms with Crippen molar-refractivity contribution in [3.05, 3.63) is 16.2 Å². The molecule has 1 unspecified atom stereocenters. The van der Waals surface area contributed by atoms with E-state index in [0.29, 0.717) is 57.3 Å². The molecule has 0 N–H and O–H groups in total. The van der Waals surface area contributed by atoms with Crippen LogP contribution in [0.15, 0.2) is 10.7 Å². The lowest BCUT2D eigenvalue weighted by atomic mass is 10.00. The van der Waals surface area contributed by atoms with Gasteiger partial charge in [-0.25, -0.2) is 9.42 Å². The van der Waals surface area contributed by atoms with E-state index in [1.54, 1.807) is 13.0 Å². The second-order valence-corrected chi connectivity index (χ2v) is 7.04. The summed E-state index contributed by atoms with van der Waals surface area (Å²) in [5.74, 6) is -0.303. The van der Waals surface area contributed by atoms with Gasteiger partial charge in [-0.2, -0.15) is 0 Å². The van der Waals surface area contributed by atoms with E-state index in [0.717, 1.165) is 12.8 Å². The molecule has 156 valence electrons. The summed E-state index contributed by atoms with van der Waals surface area (Å²) in [4.78, 5) is 27.8. The maximum absolute atomic E-state index is 12.6.